The first-order chi connectivity index (χ1) is 31.0. The molecule has 0 saturated carbocycles. The summed E-state index contributed by atoms with van der Waals surface area (Å²) in [5, 5.41) is 29.9. The highest BCUT2D eigenvalue weighted by Crippen LogP contribution is 2.68. The van der Waals surface area contributed by atoms with Crippen molar-refractivity contribution in [3.8, 4) is 0 Å². The summed E-state index contributed by atoms with van der Waals surface area (Å²) >= 11 is 12.1. The maximum atomic E-state index is 9.96. The van der Waals surface area contributed by atoms with E-state index in [0.717, 1.165) is 5.75 Å². The van der Waals surface area contributed by atoms with Gasteiger partial charge in [0.2, 0.25) is 15.2 Å². The van der Waals surface area contributed by atoms with Crippen LogP contribution in [0.15, 0.2) is 4.90 Å². The van der Waals surface area contributed by atoms with E-state index in [0.29, 0.717) is 82.5 Å². The molecule has 0 aliphatic carbocycles. The minimum absolute atomic E-state index is 0.0405. The lowest BCUT2D eigenvalue weighted by Gasteiger charge is -2.35. The summed E-state index contributed by atoms with van der Waals surface area (Å²) in [5.74, 6) is 3.51. The topological polar surface area (TPSA) is 144 Å². The second kappa shape index (κ2) is 29.9. The van der Waals surface area contributed by atoms with Gasteiger partial charge in [-0.1, -0.05) is 106 Å². The van der Waals surface area contributed by atoms with Crippen LogP contribution < -0.4 is 0 Å². The van der Waals surface area contributed by atoms with E-state index >= 15 is 0 Å². The normalized spacial score (nSPS) is 21.6. The van der Waals surface area contributed by atoms with Crippen molar-refractivity contribution in [2.24, 2.45) is 32.5 Å². The van der Waals surface area contributed by atoms with E-state index in [-0.39, 0.29) is 76.3 Å². The molecule has 1 aromatic rings. The molecule has 384 valence electrons. The number of hydrogen-bond donors (Lipinski definition) is 3. The summed E-state index contributed by atoms with van der Waals surface area (Å²) in [6.45, 7) is 29.5. The van der Waals surface area contributed by atoms with Gasteiger partial charge in [0.25, 0.3) is 0 Å². The molecule has 3 aliphatic rings. The van der Waals surface area contributed by atoms with Crippen molar-refractivity contribution in [3.63, 3.8) is 0 Å². The average Bonchev–Trinajstić information content (AvgIpc) is 3.43. The zero-order chi connectivity index (χ0) is 48.7. The van der Waals surface area contributed by atoms with Gasteiger partial charge in [0, 0.05) is 66.1 Å². The van der Waals surface area contributed by atoms with Crippen LogP contribution >= 0.6 is 126 Å². The second-order valence-electron chi connectivity index (χ2n) is 21.2. The fourth-order valence-corrected chi connectivity index (χ4v) is 23.3. The molecule has 3 aliphatic heterocycles. The van der Waals surface area contributed by atoms with E-state index < -0.39 is 21.7 Å². The Morgan fingerprint density at radius 1 is 0.515 bits per heavy atom. The number of rotatable bonds is 29. The molecule has 25 heteroatoms. The summed E-state index contributed by atoms with van der Waals surface area (Å²) < 4.78 is 57.4. The highest BCUT2D eigenvalue weighted by molar-refractivity contribution is 8.85. The number of aliphatic hydroxyl groups excluding tert-OH is 3. The molecule has 1 aromatic carbocycles. The minimum atomic E-state index is -1.31. The minimum Gasteiger partial charge on any atom is -0.396 e. The van der Waals surface area contributed by atoms with Crippen LogP contribution in [0.4, 0.5) is 0 Å². The molecule has 0 aromatic heterocycles. The largest absolute Gasteiger partial charge is 0.396 e. The third-order valence-electron chi connectivity index (χ3n) is 9.84. The van der Waals surface area contributed by atoms with Crippen LogP contribution in [0, 0.1) is 32.5 Å². The summed E-state index contributed by atoms with van der Waals surface area (Å²) in [6.07, 6.45) is 0. The molecule has 0 radical (unpaired) electrons. The predicted molar refractivity (Wildman–Crippen MR) is 300 cm³/mol. The van der Waals surface area contributed by atoms with Gasteiger partial charge in [-0.05, 0) is 39.2 Å². The number of hydrogen-bond acceptors (Lipinski definition) is 19. The molecule has 0 spiro atoms. The van der Waals surface area contributed by atoms with Crippen molar-refractivity contribution in [3.05, 3.63) is 27.8 Å². The lowest BCUT2D eigenvalue weighted by Crippen LogP contribution is -2.27. The Labute approximate surface area is 434 Å². The predicted octanol–water partition coefficient (Wildman–Crippen LogP) is 15.1. The Bertz CT molecular complexity index is 1600. The van der Waals surface area contributed by atoms with Gasteiger partial charge < -0.3 is 55.7 Å². The summed E-state index contributed by atoms with van der Waals surface area (Å²) in [7, 11) is -1.97. The van der Waals surface area contributed by atoms with E-state index in [1.165, 1.54) is 44.4 Å². The van der Waals surface area contributed by atoms with Gasteiger partial charge in [-0.2, -0.15) is 0 Å². The van der Waals surface area contributed by atoms with Crippen LogP contribution in [-0.2, 0) is 69.1 Å². The fraction of sp³-hybridized carbons (Fsp3) is 0.854. The number of benzene rings is 1. The van der Waals surface area contributed by atoms with E-state index in [1.807, 2.05) is 52.9 Å². The SMILES string of the molecule is CC(C)(CO)COPSCc1c(CSP2OCC(C)(C)CO2)c(CSPOCC(C)(C)CO)c(SP2OCC(C)(C)CO2)c(CSP2OCC(C)(C)COS2)c1CSPOCC(C)(C)CO. The molecule has 3 saturated heterocycles. The molecule has 3 fully saturated rings. The smallest absolute Gasteiger partial charge is 0.243 e. The Balaban J connectivity index is 1.87. The van der Waals surface area contributed by atoms with Gasteiger partial charge >= 0.3 is 0 Å². The summed E-state index contributed by atoms with van der Waals surface area (Å²) in [5.41, 5.74) is 5.12. The first kappa shape index (κ1) is 62.3. The average molecular weight is 1170 g/mol. The van der Waals surface area contributed by atoms with Crippen LogP contribution in [0.25, 0.3) is 0 Å². The zero-order valence-corrected chi connectivity index (χ0v) is 52.1. The van der Waals surface area contributed by atoms with Crippen molar-refractivity contribution in [2.75, 3.05) is 79.3 Å². The molecular weight excluding hydrogens is 1090 g/mol. The third-order valence-corrected chi connectivity index (χ3v) is 26.9. The standard InChI is InChI=1S/C41H76O12P6S7/c1-36(2,18-42)21-45-54-60-13-30-31(14-61-55-46-22-37(3,4)19-43)34(17-64-59-52-28-41(11,12)29-53-66-59)35(65-58-50-26-40(9,10)27-51-58)33(15-62-56-47-23-38(5,6)20-44)32(30)16-63-57-48-24-39(7,8)25-49-57/h42-44,54-56H,13-29H2,1-12H3. The van der Waals surface area contributed by atoms with Crippen molar-refractivity contribution >= 4 is 126 Å². The van der Waals surface area contributed by atoms with Crippen LogP contribution in [0.3, 0.4) is 0 Å². The molecule has 4 unspecified atom stereocenters. The lowest BCUT2D eigenvalue weighted by atomic mass is 9.94. The van der Waals surface area contributed by atoms with Crippen molar-refractivity contribution in [1.29, 1.82) is 0 Å². The lowest BCUT2D eigenvalue weighted by molar-refractivity contribution is 0.0685. The maximum absolute atomic E-state index is 9.96. The van der Waals surface area contributed by atoms with Crippen LogP contribution in [0.2, 0.25) is 0 Å². The van der Waals surface area contributed by atoms with Gasteiger partial charge in [-0.3, -0.25) is 0 Å². The summed E-state index contributed by atoms with van der Waals surface area (Å²) in [4.78, 5) is 1.19. The van der Waals surface area contributed by atoms with Crippen LogP contribution in [0.1, 0.15) is 111 Å². The highest BCUT2D eigenvalue weighted by Gasteiger charge is 2.36. The van der Waals surface area contributed by atoms with Gasteiger partial charge in [0.05, 0.1) is 115 Å². The van der Waals surface area contributed by atoms with E-state index in [1.54, 1.807) is 56.9 Å². The van der Waals surface area contributed by atoms with Crippen LogP contribution in [0.5, 0.6) is 0 Å². The maximum Gasteiger partial charge on any atom is 0.243 e. The van der Waals surface area contributed by atoms with E-state index in [2.05, 4.69) is 41.5 Å². The Morgan fingerprint density at radius 2 is 0.879 bits per heavy atom. The van der Waals surface area contributed by atoms with Crippen molar-refractivity contribution in [2.45, 2.75) is 117 Å². The van der Waals surface area contributed by atoms with Gasteiger partial charge in [-0.15, -0.1) is 34.1 Å². The quantitative estimate of drug-likeness (QED) is 0.0397. The molecular formula is C41H76O12P6S7. The summed E-state index contributed by atoms with van der Waals surface area (Å²) in [6, 6.07) is 0. The van der Waals surface area contributed by atoms with E-state index in [9.17, 15) is 15.3 Å². The molecule has 3 heterocycles. The third kappa shape index (κ3) is 22.9. The number of aliphatic hydroxyl groups is 3. The molecule has 0 bridgehead atoms. The van der Waals surface area contributed by atoms with Crippen molar-refractivity contribution in [1.82, 2.24) is 0 Å². The molecule has 66 heavy (non-hydrogen) atoms. The van der Waals surface area contributed by atoms with Gasteiger partial charge in [0.15, 0.2) is 6.55 Å². The first-order valence-corrected chi connectivity index (χ1v) is 39.2. The monoisotopic (exact) mass is 1170 g/mol. The van der Waals surface area contributed by atoms with Crippen molar-refractivity contribution < 1.29 is 55.7 Å². The Morgan fingerprint density at radius 3 is 1.35 bits per heavy atom. The second-order valence-corrected chi connectivity index (χ2v) is 40.1. The van der Waals surface area contributed by atoms with E-state index in [4.69, 9.17) is 40.4 Å². The molecule has 4 rings (SSSR count). The Kier molecular flexibility index (Phi) is 28.2. The van der Waals surface area contributed by atoms with Gasteiger partial charge in [-0.25, -0.2) is 0 Å². The molecule has 12 nitrogen and oxygen atoms in total. The molecule has 3 N–H and O–H groups in total. The Hall–Kier alpha value is 3.77. The van der Waals surface area contributed by atoms with Gasteiger partial charge in [0.1, 0.15) is 0 Å². The first-order valence-electron chi connectivity index (χ1n) is 21.7. The molecule has 0 amide bonds. The fourth-order valence-electron chi connectivity index (χ4n) is 5.26. The van der Waals surface area contributed by atoms with Crippen LogP contribution in [-0.4, -0.2) is 94.6 Å². The zero-order valence-electron chi connectivity index (χ0n) is 40.7. The molecule has 4 atom stereocenters. The highest BCUT2D eigenvalue weighted by atomic mass is 33.1.